The van der Waals surface area contributed by atoms with Crippen LogP contribution in [0.1, 0.15) is 50.5 Å². The molecule has 0 saturated carbocycles. The monoisotopic (exact) mass is 559 g/mol. The van der Waals surface area contributed by atoms with Crippen LogP contribution in [0, 0.1) is 11.8 Å². The van der Waals surface area contributed by atoms with Gasteiger partial charge in [0, 0.05) is 35.8 Å². The molecule has 2 aromatic rings. The van der Waals surface area contributed by atoms with Gasteiger partial charge in [-0.05, 0) is 100 Å². The Labute approximate surface area is 231 Å². The number of piperidine rings is 3. The van der Waals surface area contributed by atoms with Crippen LogP contribution in [0.15, 0.2) is 47.4 Å². The number of ether oxygens (including phenoxy) is 2. The molecule has 0 radical (unpaired) electrons. The van der Waals surface area contributed by atoms with Crippen LogP contribution in [0.5, 0.6) is 11.5 Å². The minimum absolute atomic E-state index is 0.0424. The third-order valence-electron chi connectivity index (χ3n) is 8.94. The van der Waals surface area contributed by atoms with Gasteiger partial charge in [0.1, 0.15) is 0 Å². The molecule has 0 amide bonds. The summed E-state index contributed by atoms with van der Waals surface area (Å²) in [6.07, 6.45) is 7.46. The second-order valence-corrected chi connectivity index (χ2v) is 13.5. The summed E-state index contributed by atoms with van der Waals surface area (Å²) in [5.74, 6) is 2.48. The van der Waals surface area contributed by atoms with Gasteiger partial charge in [-0.15, -0.1) is 0 Å². The Morgan fingerprint density at radius 2 is 1.82 bits per heavy atom. The summed E-state index contributed by atoms with van der Waals surface area (Å²) >= 11 is 6.08. The van der Waals surface area contributed by atoms with Crippen LogP contribution in [0.4, 0.5) is 0 Å². The molecule has 3 saturated heterocycles. The Morgan fingerprint density at radius 3 is 2.66 bits per heavy atom. The summed E-state index contributed by atoms with van der Waals surface area (Å²) in [5.41, 5.74) is 1.11. The molecular formula is C29H38ClN3O4S. The highest BCUT2D eigenvalue weighted by molar-refractivity contribution is 7.89. The fourth-order valence-electron chi connectivity index (χ4n) is 7.29. The number of para-hydroxylation sites is 1. The van der Waals surface area contributed by atoms with Crippen molar-refractivity contribution in [2.45, 2.75) is 68.5 Å². The van der Waals surface area contributed by atoms with E-state index in [1.807, 2.05) is 16.4 Å². The molecule has 4 aliphatic heterocycles. The van der Waals surface area contributed by atoms with Crippen LogP contribution in [0.3, 0.4) is 0 Å². The lowest BCUT2D eigenvalue weighted by molar-refractivity contribution is -0.0524. The lowest BCUT2D eigenvalue weighted by Crippen LogP contribution is -2.65. The van der Waals surface area contributed by atoms with E-state index in [0.717, 1.165) is 81.8 Å². The maximum Gasteiger partial charge on any atom is 0.243 e. The van der Waals surface area contributed by atoms with Crippen LogP contribution in [0.25, 0.3) is 0 Å². The van der Waals surface area contributed by atoms with Gasteiger partial charge in [0.25, 0.3) is 0 Å². The maximum absolute atomic E-state index is 14.0. The highest BCUT2D eigenvalue weighted by Crippen LogP contribution is 2.45. The van der Waals surface area contributed by atoms with Crippen molar-refractivity contribution >= 4 is 21.6 Å². The first-order valence-electron chi connectivity index (χ1n) is 14.1. The molecule has 4 aliphatic rings. The predicted molar refractivity (Wildman–Crippen MR) is 148 cm³/mol. The summed E-state index contributed by atoms with van der Waals surface area (Å²) in [5, 5.41) is 4.10. The molecular weight excluding hydrogens is 522 g/mol. The van der Waals surface area contributed by atoms with E-state index in [1.54, 1.807) is 24.3 Å². The van der Waals surface area contributed by atoms with E-state index in [1.165, 1.54) is 6.42 Å². The molecule has 7 nitrogen and oxygen atoms in total. The second-order valence-electron chi connectivity index (χ2n) is 11.2. The lowest BCUT2D eigenvalue weighted by atomic mass is 9.70. The molecule has 0 bridgehead atoms. The molecule has 1 N–H and O–H groups in total. The molecule has 4 heterocycles. The third kappa shape index (κ3) is 5.18. The topological polar surface area (TPSA) is 71.1 Å². The molecule has 206 valence electrons. The number of nitrogens with zero attached hydrogens (tertiary/aromatic N) is 2. The average Bonchev–Trinajstić information content (AvgIpc) is 3.42. The summed E-state index contributed by atoms with van der Waals surface area (Å²) in [4.78, 5) is 3.03. The number of fused-ring (bicyclic) bond motifs is 1. The zero-order valence-corrected chi connectivity index (χ0v) is 23.4. The molecule has 4 atom stereocenters. The predicted octanol–water partition coefficient (Wildman–Crippen LogP) is 4.89. The van der Waals surface area contributed by atoms with Crippen LogP contribution in [-0.4, -0.2) is 62.7 Å². The summed E-state index contributed by atoms with van der Waals surface area (Å²) in [6, 6.07) is 13.3. The van der Waals surface area contributed by atoms with Gasteiger partial charge in [-0.1, -0.05) is 30.2 Å². The number of benzene rings is 2. The standard InChI is InChI=1S/C29H38ClN3O4S/c30-23-11-13-24(14-12-23)38(34,35)33-19-22-7-4-16-32-17-5-8-25(28(22)32)26(33)9-1-2-15-31-18-21-6-3-10-27-29(21)37-20-36-27/h3,6,10-14,22,25-26,28,31H,1-2,4-5,7-9,15-20H2/t22-,25-,26-,28+/m1/s1. The molecule has 6 rings (SSSR count). The number of rotatable bonds is 9. The van der Waals surface area contributed by atoms with Crippen molar-refractivity contribution in [1.29, 1.82) is 0 Å². The number of hydrogen-bond donors (Lipinski definition) is 1. The van der Waals surface area contributed by atoms with Crippen LogP contribution < -0.4 is 14.8 Å². The second kappa shape index (κ2) is 11.3. The van der Waals surface area contributed by atoms with Gasteiger partial charge in [-0.2, -0.15) is 4.31 Å². The van der Waals surface area contributed by atoms with Crippen molar-refractivity contribution in [3.05, 3.63) is 53.1 Å². The Bertz CT molecular complexity index is 1220. The highest BCUT2D eigenvalue weighted by atomic mass is 35.5. The van der Waals surface area contributed by atoms with Gasteiger partial charge in [0.15, 0.2) is 11.5 Å². The Balaban J connectivity index is 1.13. The van der Waals surface area contributed by atoms with Gasteiger partial charge in [0.2, 0.25) is 16.8 Å². The number of sulfonamides is 1. The molecule has 3 fully saturated rings. The molecule has 0 aromatic heterocycles. The number of nitrogens with one attached hydrogen (secondary N) is 1. The fourth-order valence-corrected chi connectivity index (χ4v) is 9.17. The molecule has 0 spiro atoms. The Morgan fingerprint density at radius 1 is 1.00 bits per heavy atom. The van der Waals surface area contributed by atoms with Crippen molar-refractivity contribution in [1.82, 2.24) is 14.5 Å². The highest BCUT2D eigenvalue weighted by Gasteiger charge is 2.51. The quantitative estimate of drug-likeness (QED) is 0.441. The number of unbranched alkanes of at least 4 members (excludes halogenated alkanes) is 1. The Kier molecular flexibility index (Phi) is 7.87. The molecule has 38 heavy (non-hydrogen) atoms. The van der Waals surface area contributed by atoms with E-state index >= 15 is 0 Å². The fraction of sp³-hybridized carbons (Fsp3) is 0.586. The molecule has 2 aromatic carbocycles. The normalized spacial score (nSPS) is 27.3. The molecule has 0 unspecified atom stereocenters. The van der Waals surface area contributed by atoms with Gasteiger partial charge >= 0.3 is 0 Å². The van der Waals surface area contributed by atoms with E-state index in [0.29, 0.717) is 34.3 Å². The zero-order valence-electron chi connectivity index (χ0n) is 21.9. The largest absolute Gasteiger partial charge is 0.454 e. The lowest BCUT2D eigenvalue weighted by Gasteiger charge is -2.57. The van der Waals surface area contributed by atoms with Crippen molar-refractivity contribution in [3.63, 3.8) is 0 Å². The van der Waals surface area contributed by atoms with Gasteiger partial charge in [-0.25, -0.2) is 8.42 Å². The number of halogens is 1. The Hall–Kier alpha value is -1.84. The van der Waals surface area contributed by atoms with E-state index in [2.05, 4.69) is 16.3 Å². The van der Waals surface area contributed by atoms with Crippen LogP contribution in [0.2, 0.25) is 5.02 Å². The van der Waals surface area contributed by atoms with Crippen LogP contribution in [-0.2, 0) is 16.6 Å². The van der Waals surface area contributed by atoms with E-state index in [9.17, 15) is 8.42 Å². The van der Waals surface area contributed by atoms with Crippen molar-refractivity contribution < 1.29 is 17.9 Å². The summed E-state index contributed by atoms with van der Waals surface area (Å²) in [7, 11) is -3.59. The number of hydrogen-bond acceptors (Lipinski definition) is 6. The first kappa shape index (κ1) is 26.4. The molecule has 0 aliphatic carbocycles. The summed E-state index contributed by atoms with van der Waals surface area (Å²) in [6.45, 7) is 4.85. The first-order valence-corrected chi connectivity index (χ1v) is 15.9. The van der Waals surface area contributed by atoms with Gasteiger partial charge < -0.3 is 14.8 Å². The van der Waals surface area contributed by atoms with Crippen molar-refractivity contribution in [2.24, 2.45) is 11.8 Å². The van der Waals surface area contributed by atoms with Crippen LogP contribution >= 0.6 is 11.6 Å². The van der Waals surface area contributed by atoms with E-state index < -0.39 is 10.0 Å². The van der Waals surface area contributed by atoms with E-state index in [4.69, 9.17) is 21.1 Å². The van der Waals surface area contributed by atoms with E-state index in [-0.39, 0.29) is 12.8 Å². The summed E-state index contributed by atoms with van der Waals surface area (Å²) < 4.78 is 40.9. The van der Waals surface area contributed by atoms with Gasteiger partial charge in [0.05, 0.1) is 4.90 Å². The average molecular weight is 560 g/mol. The molecule has 9 heteroatoms. The minimum Gasteiger partial charge on any atom is -0.454 e. The third-order valence-corrected chi connectivity index (χ3v) is 11.1. The van der Waals surface area contributed by atoms with Crippen molar-refractivity contribution in [2.75, 3.05) is 33.0 Å². The van der Waals surface area contributed by atoms with Gasteiger partial charge in [-0.3, -0.25) is 4.90 Å². The smallest absolute Gasteiger partial charge is 0.243 e. The first-order chi connectivity index (χ1) is 18.5. The minimum atomic E-state index is -3.59. The maximum atomic E-state index is 14.0. The van der Waals surface area contributed by atoms with Crippen molar-refractivity contribution in [3.8, 4) is 11.5 Å². The SMILES string of the molecule is O=S(=O)(c1ccc(Cl)cc1)N1C[C@H]2CCCN3CCC[C@@H]([C@H]23)[C@H]1CCCCNCc1cccc2c1OCO2. The zero-order chi connectivity index (χ0) is 26.1.